The first-order valence-electron chi connectivity index (χ1n) is 6.99. The summed E-state index contributed by atoms with van der Waals surface area (Å²) in [5.41, 5.74) is 6.17. The average molecular weight is 292 g/mol. The molecule has 0 spiro atoms. The molecule has 0 radical (unpaired) electrons. The van der Waals surface area contributed by atoms with Gasteiger partial charge in [0.15, 0.2) is 0 Å². The van der Waals surface area contributed by atoms with Gasteiger partial charge in [0.2, 0.25) is 5.91 Å². The van der Waals surface area contributed by atoms with Crippen molar-refractivity contribution >= 4 is 11.9 Å². The van der Waals surface area contributed by atoms with Crippen molar-refractivity contribution in [2.45, 2.75) is 24.8 Å². The molecule has 4 N–H and O–H groups in total. The van der Waals surface area contributed by atoms with E-state index in [4.69, 9.17) is 15.6 Å². The molecular formula is C15H20N2O4. The van der Waals surface area contributed by atoms with Gasteiger partial charge < -0.3 is 20.9 Å². The molecule has 21 heavy (non-hydrogen) atoms. The van der Waals surface area contributed by atoms with E-state index >= 15 is 0 Å². The van der Waals surface area contributed by atoms with E-state index in [1.54, 1.807) is 24.3 Å². The van der Waals surface area contributed by atoms with Gasteiger partial charge in [-0.3, -0.25) is 4.79 Å². The molecule has 0 atom stereocenters. The summed E-state index contributed by atoms with van der Waals surface area (Å²) in [6.45, 7) is 1.35. The normalized spacial score (nSPS) is 17.2. The molecule has 6 heteroatoms. The first-order valence-corrected chi connectivity index (χ1v) is 6.99. The van der Waals surface area contributed by atoms with E-state index < -0.39 is 11.5 Å². The number of aromatic carboxylic acids is 1. The Labute approximate surface area is 123 Å². The first kappa shape index (κ1) is 15.5. The molecule has 0 saturated carbocycles. The van der Waals surface area contributed by atoms with Crippen molar-refractivity contribution < 1.29 is 19.4 Å². The lowest BCUT2D eigenvalue weighted by molar-refractivity contribution is -0.129. The lowest BCUT2D eigenvalue weighted by Gasteiger charge is -2.31. The average Bonchev–Trinajstić information content (AvgIpc) is 2.48. The number of ether oxygens (including phenoxy) is 1. The van der Waals surface area contributed by atoms with Crippen LogP contribution < -0.4 is 11.1 Å². The van der Waals surface area contributed by atoms with Crippen molar-refractivity contribution in [2.24, 2.45) is 5.73 Å². The fourth-order valence-electron chi connectivity index (χ4n) is 2.40. The third-order valence-corrected chi connectivity index (χ3v) is 3.76. The molecular weight excluding hydrogens is 272 g/mol. The van der Waals surface area contributed by atoms with E-state index in [-0.39, 0.29) is 11.5 Å². The minimum atomic E-state index is -0.961. The number of amides is 1. The maximum absolute atomic E-state index is 12.1. The van der Waals surface area contributed by atoms with Gasteiger partial charge in [-0.2, -0.15) is 0 Å². The van der Waals surface area contributed by atoms with E-state index in [0.29, 0.717) is 44.6 Å². The van der Waals surface area contributed by atoms with Crippen molar-refractivity contribution in [3.8, 4) is 0 Å². The molecule has 1 saturated heterocycles. The lowest BCUT2D eigenvalue weighted by Crippen LogP contribution is -2.57. The predicted molar refractivity (Wildman–Crippen MR) is 77.1 cm³/mol. The molecule has 1 heterocycles. The molecule has 1 aliphatic heterocycles. The summed E-state index contributed by atoms with van der Waals surface area (Å²) >= 11 is 0. The van der Waals surface area contributed by atoms with Crippen LogP contribution in [0.3, 0.4) is 0 Å². The number of nitrogens with two attached hydrogens (primary N) is 1. The molecule has 0 unspecified atom stereocenters. The van der Waals surface area contributed by atoms with Gasteiger partial charge >= 0.3 is 5.97 Å². The number of carboxylic acids is 1. The van der Waals surface area contributed by atoms with Gasteiger partial charge in [-0.1, -0.05) is 18.2 Å². The Morgan fingerprint density at radius 2 is 1.95 bits per heavy atom. The highest BCUT2D eigenvalue weighted by Crippen LogP contribution is 2.17. The zero-order chi connectivity index (χ0) is 15.3. The van der Waals surface area contributed by atoms with Gasteiger partial charge in [0.1, 0.15) is 0 Å². The number of rotatable bonds is 5. The molecule has 1 amide bonds. The van der Waals surface area contributed by atoms with Crippen LogP contribution in [0, 0.1) is 0 Å². The summed E-state index contributed by atoms with van der Waals surface area (Å²) in [4.78, 5) is 23.2. The summed E-state index contributed by atoms with van der Waals surface area (Å²) in [6.07, 6.45) is 1.47. The molecule has 0 bridgehead atoms. The molecule has 2 rings (SSSR count). The van der Waals surface area contributed by atoms with Crippen LogP contribution in [0.1, 0.15) is 28.8 Å². The fraction of sp³-hybridized carbons (Fsp3) is 0.467. The number of hydrogen-bond donors (Lipinski definition) is 3. The molecule has 1 aliphatic rings. The minimum absolute atomic E-state index is 0.196. The van der Waals surface area contributed by atoms with E-state index in [9.17, 15) is 9.59 Å². The highest BCUT2D eigenvalue weighted by molar-refractivity contribution is 5.89. The largest absolute Gasteiger partial charge is 0.478 e. The van der Waals surface area contributed by atoms with Crippen molar-refractivity contribution in [1.82, 2.24) is 5.32 Å². The van der Waals surface area contributed by atoms with Gasteiger partial charge in [-0.05, 0) is 30.9 Å². The summed E-state index contributed by atoms with van der Waals surface area (Å²) in [6, 6.07) is 6.78. The van der Waals surface area contributed by atoms with Gasteiger partial charge in [0.05, 0.1) is 11.1 Å². The standard InChI is InChI=1S/C15H20N2O4/c16-15(6-9-21-10-7-15)14(20)17-8-5-11-3-1-2-4-12(11)13(18)19/h1-4H,5-10,16H2,(H,17,20)(H,18,19). The van der Waals surface area contributed by atoms with Crippen LogP contribution in [0.5, 0.6) is 0 Å². The number of carbonyl (C=O) groups excluding carboxylic acids is 1. The Hall–Kier alpha value is -1.92. The highest BCUT2D eigenvalue weighted by atomic mass is 16.5. The van der Waals surface area contributed by atoms with Crippen LogP contribution in [0.4, 0.5) is 0 Å². The number of carbonyl (C=O) groups is 2. The third kappa shape index (κ3) is 3.80. The van der Waals surface area contributed by atoms with Crippen LogP contribution in [-0.2, 0) is 16.0 Å². The van der Waals surface area contributed by atoms with Gasteiger partial charge in [0.25, 0.3) is 0 Å². The molecule has 1 aromatic carbocycles. The van der Waals surface area contributed by atoms with Gasteiger partial charge in [-0.15, -0.1) is 0 Å². The van der Waals surface area contributed by atoms with Crippen LogP contribution in [-0.4, -0.2) is 42.3 Å². The predicted octanol–water partition coefficient (Wildman–Crippen LogP) is 0.551. The molecule has 0 aliphatic carbocycles. The second-order valence-electron chi connectivity index (χ2n) is 5.24. The molecule has 114 valence electrons. The second kappa shape index (κ2) is 6.69. The summed E-state index contributed by atoms with van der Waals surface area (Å²) in [5.74, 6) is -1.16. The lowest BCUT2D eigenvalue weighted by atomic mass is 9.90. The monoisotopic (exact) mass is 292 g/mol. The number of carboxylic acid groups (broad SMARTS) is 1. The van der Waals surface area contributed by atoms with E-state index in [2.05, 4.69) is 5.32 Å². The number of nitrogens with one attached hydrogen (secondary N) is 1. The Morgan fingerprint density at radius 1 is 1.29 bits per heavy atom. The zero-order valence-corrected chi connectivity index (χ0v) is 11.8. The number of hydrogen-bond acceptors (Lipinski definition) is 4. The SMILES string of the molecule is NC1(C(=O)NCCc2ccccc2C(=O)O)CCOCC1. The van der Waals surface area contributed by atoms with E-state index in [1.165, 1.54) is 0 Å². The van der Waals surface area contributed by atoms with Crippen molar-refractivity contribution in [3.63, 3.8) is 0 Å². The van der Waals surface area contributed by atoms with E-state index in [1.807, 2.05) is 0 Å². The van der Waals surface area contributed by atoms with E-state index in [0.717, 1.165) is 0 Å². The topological polar surface area (TPSA) is 102 Å². The third-order valence-electron chi connectivity index (χ3n) is 3.76. The van der Waals surface area contributed by atoms with Crippen molar-refractivity contribution in [1.29, 1.82) is 0 Å². The van der Waals surface area contributed by atoms with Crippen LogP contribution in [0.2, 0.25) is 0 Å². The minimum Gasteiger partial charge on any atom is -0.478 e. The Balaban J connectivity index is 1.90. The fourth-order valence-corrected chi connectivity index (χ4v) is 2.40. The smallest absolute Gasteiger partial charge is 0.335 e. The molecule has 1 fully saturated rings. The first-order chi connectivity index (χ1) is 10.0. The van der Waals surface area contributed by atoms with Gasteiger partial charge in [-0.25, -0.2) is 4.79 Å². The quantitative estimate of drug-likeness (QED) is 0.735. The Kier molecular flexibility index (Phi) is 4.93. The number of benzene rings is 1. The maximum Gasteiger partial charge on any atom is 0.335 e. The van der Waals surface area contributed by atoms with Crippen LogP contribution >= 0.6 is 0 Å². The Bertz CT molecular complexity index is 524. The zero-order valence-electron chi connectivity index (χ0n) is 11.8. The summed E-state index contributed by atoms with van der Waals surface area (Å²) in [7, 11) is 0. The molecule has 0 aromatic heterocycles. The van der Waals surface area contributed by atoms with Crippen molar-refractivity contribution in [2.75, 3.05) is 19.8 Å². The van der Waals surface area contributed by atoms with Gasteiger partial charge in [0, 0.05) is 19.8 Å². The van der Waals surface area contributed by atoms with Crippen LogP contribution in [0.25, 0.3) is 0 Å². The highest BCUT2D eigenvalue weighted by Gasteiger charge is 2.35. The maximum atomic E-state index is 12.1. The van der Waals surface area contributed by atoms with Crippen LogP contribution in [0.15, 0.2) is 24.3 Å². The summed E-state index contributed by atoms with van der Waals surface area (Å²) in [5, 5.41) is 11.9. The summed E-state index contributed by atoms with van der Waals surface area (Å²) < 4.78 is 5.21. The molecule has 6 nitrogen and oxygen atoms in total. The second-order valence-corrected chi connectivity index (χ2v) is 5.24. The van der Waals surface area contributed by atoms with Crippen molar-refractivity contribution in [3.05, 3.63) is 35.4 Å². The Morgan fingerprint density at radius 3 is 2.62 bits per heavy atom. The molecule has 1 aromatic rings.